The number of hydrogen-bond donors (Lipinski definition) is 1. The van der Waals surface area contributed by atoms with Crippen LogP contribution in [0.1, 0.15) is 28.8 Å². The fourth-order valence-electron chi connectivity index (χ4n) is 3.23. The van der Waals surface area contributed by atoms with E-state index in [0.29, 0.717) is 6.54 Å². The van der Waals surface area contributed by atoms with Crippen molar-refractivity contribution in [2.24, 2.45) is 0 Å². The third-order valence-corrected chi connectivity index (χ3v) is 4.47. The number of anilines is 1. The number of amides is 1. The minimum atomic E-state index is 0.0422. The maximum absolute atomic E-state index is 11.8. The van der Waals surface area contributed by atoms with E-state index in [9.17, 15) is 4.79 Å². The topological polar surface area (TPSA) is 32.3 Å². The lowest BCUT2D eigenvalue weighted by molar-refractivity contribution is 0.0966. The van der Waals surface area contributed by atoms with Gasteiger partial charge in [-0.1, -0.05) is 24.3 Å². The number of hydrogen-bond acceptors (Lipinski definition) is 2. The lowest BCUT2D eigenvalue weighted by Gasteiger charge is -2.17. The highest BCUT2D eigenvalue weighted by Gasteiger charge is 2.19. The van der Waals surface area contributed by atoms with Gasteiger partial charge in [-0.2, -0.15) is 0 Å². The maximum Gasteiger partial charge on any atom is 0.251 e. The Labute approximate surface area is 124 Å². The van der Waals surface area contributed by atoms with E-state index < -0.39 is 0 Å². The van der Waals surface area contributed by atoms with Crippen molar-refractivity contribution in [3.8, 4) is 11.1 Å². The second-order valence-electron chi connectivity index (χ2n) is 5.80. The second-order valence-corrected chi connectivity index (χ2v) is 5.80. The average Bonchev–Trinajstić information content (AvgIpc) is 3.18. The van der Waals surface area contributed by atoms with E-state index in [1.54, 1.807) is 0 Å². The molecule has 0 radical (unpaired) electrons. The zero-order chi connectivity index (χ0) is 14.2. The lowest BCUT2D eigenvalue weighted by atomic mass is 10.00. The van der Waals surface area contributed by atoms with Crippen molar-refractivity contribution < 1.29 is 4.79 Å². The number of nitrogens with one attached hydrogen (secondary N) is 1. The van der Waals surface area contributed by atoms with E-state index in [2.05, 4.69) is 46.6 Å². The predicted molar refractivity (Wildman–Crippen MR) is 84.5 cm³/mol. The Morgan fingerprint density at radius 3 is 2.38 bits per heavy atom. The number of carbonyl (C=O) groups is 1. The standard InChI is InChI=1S/C18H18N2O/c21-18-17-11-14(3-4-15(17)12-19-18)13-5-7-16(8-6-13)20-9-1-2-10-20/h3-8,11H,1-2,9-10,12H2,(H,19,21). The molecule has 2 aliphatic heterocycles. The molecule has 0 spiro atoms. The average molecular weight is 278 g/mol. The minimum absolute atomic E-state index is 0.0422. The summed E-state index contributed by atoms with van der Waals surface area (Å²) < 4.78 is 0. The van der Waals surface area contributed by atoms with E-state index in [1.807, 2.05) is 6.07 Å². The van der Waals surface area contributed by atoms with Crippen molar-refractivity contribution in [1.29, 1.82) is 0 Å². The Bertz CT molecular complexity index is 685. The number of nitrogens with zero attached hydrogens (tertiary/aromatic N) is 1. The summed E-state index contributed by atoms with van der Waals surface area (Å²) in [5.41, 5.74) is 5.49. The van der Waals surface area contributed by atoms with Crippen LogP contribution in [0, 0.1) is 0 Å². The summed E-state index contributed by atoms with van der Waals surface area (Å²) in [6, 6.07) is 14.8. The van der Waals surface area contributed by atoms with Crippen LogP contribution in [0.2, 0.25) is 0 Å². The van der Waals surface area contributed by atoms with Crippen LogP contribution in [0.5, 0.6) is 0 Å². The molecule has 2 aromatic carbocycles. The first kappa shape index (κ1) is 12.5. The zero-order valence-electron chi connectivity index (χ0n) is 11.9. The van der Waals surface area contributed by atoms with Crippen molar-refractivity contribution in [3.05, 3.63) is 53.6 Å². The molecule has 4 rings (SSSR count). The van der Waals surface area contributed by atoms with Gasteiger partial charge in [0.15, 0.2) is 0 Å². The van der Waals surface area contributed by atoms with Crippen molar-refractivity contribution >= 4 is 11.6 Å². The molecule has 0 saturated carbocycles. The minimum Gasteiger partial charge on any atom is -0.372 e. The van der Waals surface area contributed by atoms with Crippen LogP contribution in [0.4, 0.5) is 5.69 Å². The van der Waals surface area contributed by atoms with Gasteiger partial charge in [0.1, 0.15) is 0 Å². The molecule has 3 heteroatoms. The van der Waals surface area contributed by atoms with E-state index in [-0.39, 0.29) is 5.91 Å². The van der Waals surface area contributed by atoms with Gasteiger partial charge in [-0.3, -0.25) is 4.79 Å². The van der Waals surface area contributed by atoms with Crippen molar-refractivity contribution in [2.45, 2.75) is 19.4 Å². The molecule has 2 aromatic rings. The molecule has 0 aliphatic carbocycles. The van der Waals surface area contributed by atoms with Crippen LogP contribution in [0.3, 0.4) is 0 Å². The van der Waals surface area contributed by atoms with Crippen LogP contribution < -0.4 is 10.2 Å². The molecular weight excluding hydrogens is 260 g/mol. The highest BCUT2D eigenvalue weighted by atomic mass is 16.1. The van der Waals surface area contributed by atoms with Gasteiger partial charge in [0.2, 0.25) is 0 Å². The summed E-state index contributed by atoms with van der Waals surface area (Å²) in [5.74, 6) is 0.0422. The van der Waals surface area contributed by atoms with Crippen molar-refractivity contribution in [1.82, 2.24) is 5.32 Å². The van der Waals surface area contributed by atoms with E-state index in [4.69, 9.17) is 0 Å². The second kappa shape index (κ2) is 4.92. The highest BCUT2D eigenvalue weighted by Crippen LogP contribution is 2.28. The summed E-state index contributed by atoms with van der Waals surface area (Å²) in [4.78, 5) is 14.2. The maximum atomic E-state index is 11.8. The normalized spacial score (nSPS) is 17.0. The van der Waals surface area contributed by atoms with Gasteiger partial charge in [-0.15, -0.1) is 0 Å². The van der Waals surface area contributed by atoms with Gasteiger partial charge in [0, 0.05) is 30.9 Å². The van der Waals surface area contributed by atoms with E-state index in [1.165, 1.54) is 37.2 Å². The Morgan fingerprint density at radius 2 is 1.62 bits per heavy atom. The Balaban J connectivity index is 1.64. The molecule has 1 fully saturated rings. The SMILES string of the molecule is O=C1NCc2ccc(-c3ccc(N4CCCC4)cc3)cc21. The fourth-order valence-corrected chi connectivity index (χ4v) is 3.23. The smallest absolute Gasteiger partial charge is 0.251 e. The van der Waals surface area contributed by atoms with Gasteiger partial charge in [-0.05, 0) is 47.7 Å². The Hall–Kier alpha value is -2.29. The molecule has 3 nitrogen and oxygen atoms in total. The Kier molecular flexibility index (Phi) is 2.92. The molecule has 2 heterocycles. The molecule has 106 valence electrons. The molecule has 0 aromatic heterocycles. The number of carbonyl (C=O) groups excluding carboxylic acids is 1. The third-order valence-electron chi connectivity index (χ3n) is 4.47. The first-order chi connectivity index (χ1) is 10.3. The van der Waals surface area contributed by atoms with Gasteiger partial charge in [0.25, 0.3) is 5.91 Å². The zero-order valence-corrected chi connectivity index (χ0v) is 11.9. The largest absolute Gasteiger partial charge is 0.372 e. The van der Waals surface area contributed by atoms with Crippen molar-refractivity contribution in [3.63, 3.8) is 0 Å². The third kappa shape index (κ3) is 2.19. The van der Waals surface area contributed by atoms with Crippen LogP contribution in [-0.2, 0) is 6.54 Å². The highest BCUT2D eigenvalue weighted by molar-refractivity contribution is 5.99. The van der Waals surface area contributed by atoms with E-state index >= 15 is 0 Å². The van der Waals surface area contributed by atoms with Crippen LogP contribution >= 0.6 is 0 Å². The molecule has 2 aliphatic rings. The summed E-state index contributed by atoms with van der Waals surface area (Å²) >= 11 is 0. The summed E-state index contributed by atoms with van der Waals surface area (Å²) in [5, 5.41) is 2.86. The first-order valence-corrected chi connectivity index (χ1v) is 7.58. The van der Waals surface area contributed by atoms with Gasteiger partial charge < -0.3 is 10.2 Å². The van der Waals surface area contributed by atoms with Gasteiger partial charge in [0.05, 0.1) is 0 Å². The molecule has 0 bridgehead atoms. The molecular formula is C18H18N2O. The molecule has 0 unspecified atom stereocenters. The predicted octanol–water partition coefficient (Wildman–Crippen LogP) is 3.20. The number of rotatable bonds is 2. The van der Waals surface area contributed by atoms with Crippen LogP contribution in [-0.4, -0.2) is 19.0 Å². The molecule has 1 N–H and O–H groups in total. The van der Waals surface area contributed by atoms with Crippen molar-refractivity contribution in [2.75, 3.05) is 18.0 Å². The summed E-state index contributed by atoms with van der Waals surface area (Å²) in [6.45, 7) is 2.99. The van der Waals surface area contributed by atoms with Gasteiger partial charge >= 0.3 is 0 Å². The summed E-state index contributed by atoms with van der Waals surface area (Å²) in [6.07, 6.45) is 2.59. The fraction of sp³-hybridized carbons (Fsp3) is 0.278. The first-order valence-electron chi connectivity index (χ1n) is 7.58. The van der Waals surface area contributed by atoms with E-state index in [0.717, 1.165) is 16.7 Å². The number of benzene rings is 2. The van der Waals surface area contributed by atoms with Crippen LogP contribution in [0.25, 0.3) is 11.1 Å². The lowest BCUT2D eigenvalue weighted by Crippen LogP contribution is -2.17. The molecule has 21 heavy (non-hydrogen) atoms. The molecule has 0 atom stereocenters. The number of fused-ring (bicyclic) bond motifs is 1. The monoisotopic (exact) mass is 278 g/mol. The summed E-state index contributed by atoms with van der Waals surface area (Å²) in [7, 11) is 0. The van der Waals surface area contributed by atoms with Gasteiger partial charge in [-0.25, -0.2) is 0 Å². The van der Waals surface area contributed by atoms with Crippen LogP contribution in [0.15, 0.2) is 42.5 Å². The molecule has 1 amide bonds. The Morgan fingerprint density at radius 1 is 0.905 bits per heavy atom. The molecule has 1 saturated heterocycles. The quantitative estimate of drug-likeness (QED) is 0.915.